The third-order valence-electron chi connectivity index (χ3n) is 2.14. The molecule has 0 aliphatic heterocycles. The maximum atomic E-state index is 11.8. The highest BCUT2D eigenvalue weighted by molar-refractivity contribution is 7.17. The second-order valence-electron chi connectivity index (χ2n) is 3.48. The van der Waals surface area contributed by atoms with E-state index < -0.39 is 5.97 Å². The first-order valence-electron chi connectivity index (χ1n) is 5.46. The minimum absolute atomic E-state index is 0.302. The van der Waals surface area contributed by atoms with E-state index in [4.69, 9.17) is 4.74 Å². The zero-order chi connectivity index (χ0) is 13.8. The molecule has 0 unspecified atom stereocenters. The van der Waals surface area contributed by atoms with Gasteiger partial charge in [-0.1, -0.05) is 11.3 Å². The highest BCUT2D eigenvalue weighted by Gasteiger charge is 2.18. The van der Waals surface area contributed by atoms with Crippen molar-refractivity contribution in [3.05, 3.63) is 27.2 Å². The molecule has 0 spiro atoms. The van der Waals surface area contributed by atoms with E-state index in [9.17, 15) is 9.59 Å². The van der Waals surface area contributed by atoms with Crippen LogP contribution in [0, 0.1) is 6.92 Å². The van der Waals surface area contributed by atoms with Crippen molar-refractivity contribution in [2.24, 2.45) is 0 Å². The lowest BCUT2D eigenvalue weighted by atomic mass is 10.4. The molecule has 0 atom stereocenters. The third kappa shape index (κ3) is 3.15. The highest BCUT2D eigenvalue weighted by Crippen LogP contribution is 2.23. The summed E-state index contributed by atoms with van der Waals surface area (Å²) in [4.78, 5) is 31.8. The van der Waals surface area contributed by atoms with Gasteiger partial charge >= 0.3 is 5.97 Å². The molecule has 0 saturated carbocycles. The molecule has 0 fully saturated rings. The van der Waals surface area contributed by atoms with E-state index in [1.165, 1.54) is 11.3 Å². The zero-order valence-corrected chi connectivity index (χ0v) is 11.9. The van der Waals surface area contributed by atoms with Crippen molar-refractivity contribution < 1.29 is 14.3 Å². The van der Waals surface area contributed by atoms with Crippen molar-refractivity contribution in [2.75, 3.05) is 11.9 Å². The highest BCUT2D eigenvalue weighted by atomic mass is 32.1. The van der Waals surface area contributed by atoms with Gasteiger partial charge in [0, 0.05) is 5.38 Å². The lowest BCUT2D eigenvalue weighted by Gasteiger charge is -1.98. The van der Waals surface area contributed by atoms with Crippen molar-refractivity contribution >= 4 is 39.7 Å². The smallest absolute Gasteiger partial charge is 0.350 e. The Kier molecular flexibility index (Phi) is 4.23. The molecule has 1 N–H and O–H groups in total. The van der Waals surface area contributed by atoms with Crippen LogP contribution in [0.5, 0.6) is 0 Å². The van der Waals surface area contributed by atoms with Crippen LogP contribution in [0.2, 0.25) is 0 Å². The Morgan fingerprint density at radius 3 is 2.89 bits per heavy atom. The minimum atomic E-state index is -0.424. The Hall–Kier alpha value is -1.80. The molecule has 0 aliphatic rings. The molecule has 8 heteroatoms. The van der Waals surface area contributed by atoms with Crippen LogP contribution in [0.15, 0.2) is 10.9 Å². The summed E-state index contributed by atoms with van der Waals surface area (Å²) < 4.78 is 4.91. The Labute approximate surface area is 117 Å². The molecule has 0 aromatic carbocycles. The summed E-state index contributed by atoms with van der Waals surface area (Å²) in [5, 5.41) is 4.61. The number of hydrogen-bond donors (Lipinski definition) is 1. The van der Waals surface area contributed by atoms with Crippen LogP contribution in [0.4, 0.5) is 5.13 Å². The van der Waals surface area contributed by atoms with Gasteiger partial charge in [0.15, 0.2) is 5.13 Å². The first kappa shape index (κ1) is 13.6. The Morgan fingerprint density at radius 2 is 2.26 bits per heavy atom. The van der Waals surface area contributed by atoms with Crippen molar-refractivity contribution in [1.82, 2.24) is 9.97 Å². The predicted octanol–water partition coefficient (Wildman–Crippen LogP) is 2.34. The summed E-state index contributed by atoms with van der Waals surface area (Å²) >= 11 is 2.43. The number of carbonyl (C=O) groups excluding carboxylic acids is 2. The van der Waals surface area contributed by atoms with Gasteiger partial charge in [-0.2, -0.15) is 0 Å². The summed E-state index contributed by atoms with van der Waals surface area (Å²) in [7, 11) is 0. The van der Waals surface area contributed by atoms with Crippen molar-refractivity contribution in [1.29, 1.82) is 0 Å². The SMILES string of the molecule is CCOC(=O)c1sc(NC(=O)c2cscn2)nc1C. The Balaban J connectivity index is 2.12. The number of thiazole rings is 2. The van der Waals surface area contributed by atoms with Gasteiger partial charge in [0.1, 0.15) is 10.6 Å². The molecular weight excluding hydrogens is 286 g/mol. The predicted molar refractivity (Wildman–Crippen MR) is 72.9 cm³/mol. The van der Waals surface area contributed by atoms with E-state index in [1.54, 1.807) is 24.7 Å². The van der Waals surface area contributed by atoms with Gasteiger partial charge in [-0.15, -0.1) is 11.3 Å². The summed E-state index contributed by atoms with van der Waals surface area (Å²) in [5.74, 6) is -0.767. The monoisotopic (exact) mass is 297 g/mol. The third-order valence-corrected chi connectivity index (χ3v) is 3.78. The molecule has 2 heterocycles. The fourth-order valence-electron chi connectivity index (χ4n) is 1.32. The molecule has 0 bridgehead atoms. The van der Waals surface area contributed by atoms with E-state index >= 15 is 0 Å². The van der Waals surface area contributed by atoms with Crippen LogP contribution in [-0.4, -0.2) is 28.5 Å². The average molecular weight is 297 g/mol. The van der Waals surface area contributed by atoms with Gasteiger partial charge in [0.05, 0.1) is 17.8 Å². The lowest BCUT2D eigenvalue weighted by molar-refractivity contribution is 0.0531. The van der Waals surface area contributed by atoms with Crippen molar-refractivity contribution in [3.8, 4) is 0 Å². The number of nitrogens with zero attached hydrogens (tertiary/aromatic N) is 2. The van der Waals surface area contributed by atoms with Crippen LogP contribution in [0.1, 0.15) is 32.8 Å². The van der Waals surface area contributed by atoms with Crippen LogP contribution < -0.4 is 5.32 Å². The van der Waals surface area contributed by atoms with E-state index in [2.05, 4.69) is 15.3 Å². The lowest BCUT2D eigenvalue weighted by Crippen LogP contribution is -2.11. The van der Waals surface area contributed by atoms with Gasteiger partial charge < -0.3 is 4.74 Å². The maximum Gasteiger partial charge on any atom is 0.350 e. The number of esters is 1. The summed E-state index contributed by atoms with van der Waals surface area (Å²) in [5.41, 5.74) is 2.44. The number of nitrogens with one attached hydrogen (secondary N) is 1. The summed E-state index contributed by atoms with van der Waals surface area (Å²) in [6.45, 7) is 3.73. The van der Waals surface area contributed by atoms with Gasteiger partial charge in [-0.25, -0.2) is 14.8 Å². The number of aromatic nitrogens is 2. The molecule has 0 saturated heterocycles. The number of rotatable bonds is 4. The molecule has 0 radical (unpaired) electrons. The van der Waals surface area contributed by atoms with E-state index in [0.717, 1.165) is 11.3 Å². The van der Waals surface area contributed by atoms with Gasteiger partial charge in [0.2, 0.25) is 0 Å². The van der Waals surface area contributed by atoms with Crippen LogP contribution in [0.25, 0.3) is 0 Å². The first-order valence-corrected chi connectivity index (χ1v) is 7.21. The second kappa shape index (κ2) is 5.89. The second-order valence-corrected chi connectivity index (χ2v) is 5.20. The molecule has 2 rings (SSSR count). The quantitative estimate of drug-likeness (QED) is 0.876. The van der Waals surface area contributed by atoms with Crippen molar-refractivity contribution in [2.45, 2.75) is 13.8 Å². The van der Waals surface area contributed by atoms with E-state index in [-0.39, 0.29) is 5.91 Å². The van der Waals surface area contributed by atoms with Gasteiger partial charge in [-0.3, -0.25) is 10.1 Å². The number of hydrogen-bond acceptors (Lipinski definition) is 7. The normalized spacial score (nSPS) is 10.2. The molecular formula is C11H11N3O3S2. The fourth-order valence-corrected chi connectivity index (χ4v) is 2.71. The standard InChI is InChI=1S/C11H11N3O3S2/c1-3-17-10(16)8-6(2)13-11(19-8)14-9(15)7-4-18-5-12-7/h4-5H,3H2,1-2H3,(H,13,14,15). The molecule has 19 heavy (non-hydrogen) atoms. The van der Waals surface area contributed by atoms with Crippen LogP contribution in [0.3, 0.4) is 0 Å². The maximum absolute atomic E-state index is 11.8. The Bertz CT molecular complexity index is 592. The summed E-state index contributed by atoms with van der Waals surface area (Å²) in [6, 6.07) is 0. The zero-order valence-electron chi connectivity index (χ0n) is 10.3. The van der Waals surface area contributed by atoms with Crippen LogP contribution in [-0.2, 0) is 4.74 Å². The van der Waals surface area contributed by atoms with Crippen LogP contribution >= 0.6 is 22.7 Å². The number of ether oxygens (including phenoxy) is 1. The number of aryl methyl sites for hydroxylation is 1. The van der Waals surface area contributed by atoms with Gasteiger partial charge in [-0.05, 0) is 13.8 Å². The molecule has 2 aromatic rings. The van der Waals surface area contributed by atoms with E-state index in [1.807, 2.05) is 0 Å². The summed E-state index contributed by atoms with van der Waals surface area (Å²) in [6.07, 6.45) is 0. The minimum Gasteiger partial charge on any atom is -0.462 e. The molecule has 100 valence electrons. The fraction of sp³-hybridized carbons (Fsp3) is 0.273. The molecule has 1 amide bonds. The largest absolute Gasteiger partial charge is 0.462 e. The Morgan fingerprint density at radius 1 is 1.47 bits per heavy atom. The first-order chi connectivity index (χ1) is 9.11. The molecule has 6 nitrogen and oxygen atoms in total. The molecule has 2 aromatic heterocycles. The number of anilines is 1. The van der Waals surface area contributed by atoms with E-state index in [0.29, 0.717) is 28.0 Å². The molecule has 0 aliphatic carbocycles. The average Bonchev–Trinajstić information content (AvgIpc) is 2.99. The van der Waals surface area contributed by atoms with Gasteiger partial charge in [0.25, 0.3) is 5.91 Å². The topological polar surface area (TPSA) is 81.2 Å². The van der Waals surface area contributed by atoms with Crippen molar-refractivity contribution in [3.63, 3.8) is 0 Å². The number of amides is 1. The number of carbonyl (C=O) groups is 2.